The highest BCUT2D eigenvalue weighted by molar-refractivity contribution is 5.74. The largest absolute Gasteiger partial charge is 0.497 e. The Balaban J connectivity index is 2.30. The molecule has 29 heavy (non-hydrogen) atoms. The minimum atomic E-state index is -1.10. The quantitative estimate of drug-likeness (QED) is 0.556. The summed E-state index contributed by atoms with van der Waals surface area (Å²) in [5.41, 5.74) is 0.804. The lowest BCUT2D eigenvalue weighted by Gasteiger charge is -2.37. The third-order valence-electron chi connectivity index (χ3n) is 4.98. The van der Waals surface area contributed by atoms with E-state index in [1.54, 1.807) is 35.2 Å². The SMILES string of the molecule is CCOC(=O)[C@@H](C)[C@H](Nc1ccc(OC)cc1)C1(C)O[C@@H](COC)[C@H](COC)O1. The van der Waals surface area contributed by atoms with Crippen LogP contribution in [0.4, 0.5) is 5.69 Å². The zero-order chi connectivity index (χ0) is 21.4. The first-order chi connectivity index (χ1) is 13.9. The number of nitrogens with one attached hydrogen (secondary N) is 1. The molecule has 0 bridgehead atoms. The van der Waals surface area contributed by atoms with Gasteiger partial charge in [-0.1, -0.05) is 0 Å². The molecule has 0 aliphatic carbocycles. The van der Waals surface area contributed by atoms with Crippen molar-refractivity contribution in [1.29, 1.82) is 0 Å². The molecule has 1 saturated heterocycles. The van der Waals surface area contributed by atoms with E-state index >= 15 is 0 Å². The van der Waals surface area contributed by atoms with Crippen molar-refractivity contribution >= 4 is 11.7 Å². The number of carbonyl (C=O) groups is 1. The van der Waals surface area contributed by atoms with Gasteiger partial charge in [0, 0.05) is 19.9 Å². The van der Waals surface area contributed by atoms with Crippen molar-refractivity contribution < 1.29 is 33.2 Å². The van der Waals surface area contributed by atoms with E-state index in [1.807, 2.05) is 31.2 Å². The summed E-state index contributed by atoms with van der Waals surface area (Å²) in [5, 5.41) is 3.39. The number of hydrogen-bond acceptors (Lipinski definition) is 8. The van der Waals surface area contributed by atoms with Gasteiger partial charge in [-0.25, -0.2) is 0 Å². The van der Waals surface area contributed by atoms with Gasteiger partial charge in [0.25, 0.3) is 0 Å². The molecule has 0 unspecified atom stereocenters. The number of methoxy groups -OCH3 is 3. The summed E-state index contributed by atoms with van der Waals surface area (Å²) < 4.78 is 33.5. The van der Waals surface area contributed by atoms with Crippen LogP contribution >= 0.6 is 0 Å². The third-order valence-corrected chi connectivity index (χ3v) is 4.98. The standard InChI is InChI=1S/C21H33NO7/c1-7-27-20(23)14(2)19(22-15-8-10-16(26-6)11-9-15)21(3)28-17(12-24-4)18(29-21)13-25-5/h8-11,14,17-19,22H,7,12-13H2,1-6H3/t14-,17-,18-,19-/m0/s1. The van der Waals surface area contributed by atoms with E-state index in [1.165, 1.54) is 0 Å². The minimum Gasteiger partial charge on any atom is -0.497 e. The Morgan fingerprint density at radius 3 is 2.10 bits per heavy atom. The van der Waals surface area contributed by atoms with E-state index in [0.29, 0.717) is 19.8 Å². The van der Waals surface area contributed by atoms with Crippen LogP contribution in [0.15, 0.2) is 24.3 Å². The fourth-order valence-electron chi connectivity index (χ4n) is 3.53. The number of hydrogen-bond donors (Lipinski definition) is 1. The Hall–Kier alpha value is -1.87. The minimum absolute atomic E-state index is 0.301. The average molecular weight is 411 g/mol. The normalized spacial score (nSPS) is 22.7. The maximum absolute atomic E-state index is 12.5. The molecule has 1 aromatic carbocycles. The molecule has 0 spiro atoms. The molecule has 0 amide bonds. The molecule has 164 valence electrons. The lowest BCUT2D eigenvalue weighted by atomic mass is 9.94. The predicted molar refractivity (Wildman–Crippen MR) is 108 cm³/mol. The van der Waals surface area contributed by atoms with Crippen molar-refractivity contribution in [1.82, 2.24) is 0 Å². The molecule has 0 saturated carbocycles. The van der Waals surface area contributed by atoms with Crippen LogP contribution in [0.1, 0.15) is 20.8 Å². The lowest BCUT2D eigenvalue weighted by molar-refractivity contribution is -0.191. The van der Waals surface area contributed by atoms with E-state index in [-0.39, 0.29) is 18.2 Å². The first kappa shape index (κ1) is 23.4. The molecule has 1 aromatic rings. The summed E-state index contributed by atoms with van der Waals surface area (Å²) in [4.78, 5) is 12.5. The molecule has 0 aromatic heterocycles. The zero-order valence-corrected chi connectivity index (χ0v) is 18.1. The Kier molecular flexibility index (Phi) is 8.70. The molecule has 1 N–H and O–H groups in total. The van der Waals surface area contributed by atoms with Crippen molar-refractivity contribution in [2.24, 2.45) is 5.92 Å². The summed E-state index contributed by atoms with van der Waals surface area (Å²) >= 11 is 0. The molecule has 1 heterocycles. The molecule has 4 atom stereocenters. The van der Waals surface area contributed by atoms with Crippen LogP contribution in [-0.4, -0.2) is 71.2 Å². The second kappa shape index (κ2) is 10.8. The molecule has 8 nitrogen and oxygen atoms in total. The fourth-order valence-corrected chi connectivity index (χ4v) is 3.53. The van der Waals surface area contributed by atoms with Gasteiger partial charge < -0.3 is 33.7 Å². The van der Waals surface area contributed by atoms with Gasteiger partial charge in [0.15, 0.2) is 5.79 Å². The van der Waals surface area contributed by atoms with Crippen LogP contribution in [0.3, 0.4) is 0 Å². The summed E-state index contributed by atoms with van der Waals surface area (Å²) in [6.45, 7) is 6.41. The number of esters is 1. The van der Waals surface area contributed by atoms with Crippen LogP contribution in [0.2, 0.25) is 0 Å². The lowest BCUT2D eigenvalue weighted by Crippen LogP contribution is -2.52. The first-order valence-electron chi connectivity index (χ1n) is 9.79. The van der Waals surface area contributed by atoms with Gasteiger partial charge in [-0.3, -0.25) is 4.79 Å². The third kappa shape index (κ3) is 5.82. The second-order valence-corrected chi connectivity index (χ2v) is 7.13. The van der Waals surface area contributed by atoms with Crippen molar-refractivity contribution in [3.63, 3.8) is 0 Å². The van der Waals surface area contributed by atoms with Crippen LogP contribution in [0, 0.1) is 5.92 Å². The molecule has 0 radical (unpaired) electrons. The molecule has 2 rings (SSSR count). The van der Waals surface area contributed by atoms with Gasteiger partial charge in [0.05, 0.1) is 38.9 Å². The van der Waals surface area contributed by atoms with Gasteiger partial charge in [-0.05, 0) is 45.0 Å². The first-order valence-corrected chi connectivity index (χ1v) is 9.79. The van der Waals surface area contributed by atoms with Gasteiger partial charge in [-0.15, -0.1) is 0 Å². The average Bonchev–Trinajstić information content (AvgIpc) is 3.03. The smallest absolute Gasteiger partial charge is 0.310 e. The van der Waals surface area contributed by atoms with Gasteiger partial charge in [-0.2, -0.15) is 0 Å². The zero-order valence-electron chi connectivity index (χ0n) is 18.1. The highest BCUT2D eigenvalue weighted by atomic mass is 16.8. The molecule has 8 heteroatoms. The topological polar surface area (TPSA) is 84.5 Å². The molecular weight excluding hydrogens is 378 g/mol. The number of ether oxygens (including phenoxy) is 6. The summed E-state index contributed by atoms with van der Waals surface area (Å²) in [6.07, 6.45) is -0.640. The van der Waals surface area contributed by atoms with Crippen molar-refractivity contribution in [3.05, 3.63) is 24.3 Å². The summed E-state index contributed by atoms with van der Waals surface area (Å²) in [5.74, 6) is -1.22. The van der Waals surface area contributed by atoms with Crippen molar-refractivity contribution in [2.75, 3.05) is 46.5 Å². The van der Waals surface area contributed by atoms with Crippen LogP contribution < -0.4 is 10.1 Å². The predicted octanol–water partition coefficient (Wildman–Crippen LogP) is 2.47. The van der Waals surface area contributed by atoms with E-state index in [9.17, 15) is 4.79 Å². The Morgan fingerprint density at radius 1 is 1.10 bits per heavy atom. The monoisotopic (exact) mass is 411 g/mol. The molecular formula is C21H33NO7. The molecule has 1 aliphatic heterocycles. The second-order valence-electron chi connectivity index (χ2n) is 7.13. The van der Waals surface area contributed by atoms with Gasteiger partial charge >= 0.3 is 5.97 Å². The number of rotatable bonds is 11. The van der Waals surface area contributed by atoms with E-state index in [0.717, 1.165) is 11.4 Å². The van der Waals surface area contributed by atoms with Gasteiger partial charge in [0.1, 0.15) is 18.0 Å². The van der Waals surface area contributed by atoms with Crippen LogP contribution in [0.5, 0.6) is 5.75 Å². The number of benzene rings is 1. The summed E-state index contributed by atoms with van der Waals surface area (Å²) in [7, 11) is 4.83. The Morgan fingerprint density at radius 2 is 1.66 bits per heavy atom. The summed E-state index contributed by atoms with van der Waals surface area (Å²) in [6, 6.07) is 6.92. The van der Waals surface area contributed by atoms with Crippen LogP contribution in [-0.2, 0) is 28.5 Å². The Labute approximate surface area is 172 Å². The van der Waals surface area contributed by atoms with Crippen molar-refractivity contribution in [2.45, 2.75) is 44.8 Å². The van der Waals surface area contributed by atoms with Crippen molar-refractivity contribution in [3.8, 4) is 5.75 Å². The molecule has 1 fully saturated rings. The van der Waals surface area contributed by atoms with Gasteiger partial charge in [0.2, 0.25) is 0 Å². The molecule has 1 aliphatic rings. The fraction of sp³-hybridized carbons (Fsp3) is 0.667. The van der Waals surface area contributed by atoms with E-state index in [4.69, 9.17) is 28.4 Å². The highest BCUT2D eigenvalue weighted by Crippen LogP contribution is 2.37. The van der Waals surface area contributed by atoms with Crippen LogP contribution in [0.25, 0.3) is 0 Å². The van der Waals surface area contributed by atoms with E-state index < -0.39 is 17.7 Å². The highest BCUT2D eigenvalue weighted by Gasteiger charge is 2.52. The maximum atomic E-state index is 12.5. The Bertz CT molecular complexity index is 622. The number of carbonyl (C=O) groups excluding carboxylic acids is 1. The maximum Gasteiger partial charge on any atom is 0.310 e. The van der Waals surface area contributed by atoms with E-state index in [2.05, 4.69) is 5.32 Å². The number of anilines is 1.